The van der Waals surface area contributed by atoms with Gasteiger partial charge in [0.15, 0.2) is 0 Å². The third-order valence-corrected chi connectivity index (χ3v) is 7.73. The van der Waals surface area contributed by atoms with Gasteiger partial charge in [0.25, 0.3) is 0 Å². The van der Waals surface area contributed by atoms with E-state index in [0.717, 1.165) is 35.1 Å². The van der Waals surface area contributed by atoms with Crippen LogP contribution in [0.4, 0.5) is 4.79 Å². The molecule has 2 atom stereocenters. The van der Waals surface area contributed by atoms with Crippen LogP contribution in [-0.2, 0) is 14.3 Å². The summed E-state index contributed by atoms with van der Waals surface area (Å²) < 4.78 is 5.67. The van der Waals surface area contributed by atoms with E-state index in [1.165, 1.54) is 0 Å². The lowest BCUT2D eigenvalue weighted by molar-refractivity contribution is -0.144. The molecule has 3 N–H and O–H groups in total. The van der Waals surface area contributed by atoms with Crippen LogP contribution in [0.25, 0.3) is 11.1 Å². The van der Waals surface area contributed by atoms with E-state index in [2.05, 4.69) is 34.9 Å². The molecule has 2 amide bonds. The van der Waals surface area contributed by atoms with Crippen LogP contribution in [0.15, 0.2) is 48.5 Å². The number of hydrogen-bond acceptors (Lipinski definition) is 4. The third-order valence-electron chi connectivity index (χ3n) is 7.73. The molecule has 2 unspecified atom stereocenters. The average molecular weight is 479 g/mol. The SMILES string of the molecule is CCC(CC)(NC(=O)OCC1c2ccccc2-c2ccccc21)C(=O)NC1CCCCC1C(=O)O. The zero-order valence-corrected chi connectivity index (χ0v) is 20.4. The Morgan fingerprint density at radius 3 is 2.09 bits per heavy atom. The smallest absolute Gasteiger partial charge is 0.408 e. The fourth-order valence-corrected chi connectivity index (χ4v) is 5.54. The molecular weight excluding hydrogens is 444 g/mol. The first-order chi connectivity index (χ1) is 16.9. The summed E-state index contributed by atoms with van der Waals surface area (Å²) >= 11 is 0. The molecule has 186 valence electrons. The summed E-state index contributed by atoms with van der Waals surface area (Å²) in [5.41, 5.74) is 3.37. The number of carboxylic acids is 1. The first kappa shape index (κ1) is 24.8. The second kappa shape index (κ2) is 10.5. The van der Waals surface area contributed by atoms with Gasteiger partial charge in [0.1, 0.15) is 12.1 Å². The van der Waals surface area contributed by atoms with Crippen molar-refractivity contribution in [1.29, 1.82) is 0 Å². The molecule has 0 radical (unpaired) electrons. The number of benzene rings is 2. The third kappa shape index (κ3) is 4.90. The number of aliphatic carboxylic acids is 1. The summed E-state index contributed by atoms with van der Waals surface area (Å²) in [7, 11) is 0. The maximum absolute atomic E-state index is 13.3. The molecule has 0 aliphatic heterocycles. The predicted molar refractivity (Wildman–Crippen MR) is 133 cm³/mol. The second-order valence-corrected chi connectivity index (χ2v) is 9.55. The fourth-order valence-electron chi connectivity index (χ4n) is 5.54. The van der Waals surface area contributed by atoms with E-state index in [1.54, 1.807) is 0 Å². The number of alkyl carbamates (subject to hydrolysis) is 1. The molecule has 2 aliphatic rings. The Morgan fingerprint density at radius 2 is 1.51 bits per heavy atom. The van der Waals surface area contributed by atoms with E-state index in [0.29, 0.717) is 25.7 Å². The summed E-state index contributed by atoms with van der Waals surface area (Å²) in [6.45, 7) is 3.83. The Morgan fingerprint density at radius 1 is 0.943 bits per heavy atom. The highest BCUT2D eigenvalue weighted by atomic mass is 16.5. The Hall–Kier alpha value is -3.35. The summed E-state index contributed by atoms with van der Waals surface area (Å²) in [6, 6.07) is 15.8. The summed E-state index contributed by atoms with van der Waals surface area (Å²) in [6.07, 6.45) is 2.97. The van der Waals surface area contributed by atoms with Gasteiger partial charge in [0.2, 0.25) is 5.91 Å². The standard InChI is InChI=1S/C28H34N2O5/c1-3-28(4-2,26(33)29-24-16-10-9-15-22(24)25(31)32)30-27(34)35-17-23-20-13-7-5-11-18(20)19-12-6-8-14-21(19)23/h5-8,11-14,22-24H,3-4,9-10,15-17H2,1-2H3,(H,29,33)(H,30,34)(H,31,32). The topological polar surface area (TPSA) is 105 Å². The summed E-state index contributed by atoms with van der Waals surface area (Å²) in [5.74, 6) is -1.92. The van der Waals surface area contributed by atoms with Crippen LogP contribution in [-0.4, -0.2) is 41.3 Å². The molecule has 7 heteroatoms. The molecule has 0 heterocycles. The average Bonchev–Trinajstić information content (AvgIpc) is 3.20. The summed E-state index contributed by atoms with van der Waals surface area (Å²) in [5, 5.41) is 15.3. The molecule has 0 bridgehead atoms. The lowest BCUT2D eigenvalue weighted by Gasteiger charge is -2.36. The van der Waals surface area contributed by atoms with Crippen molar-refractivity contribution < 1.29 is 24.2 Å². The number of amides is 2. The lowest BCUT2D eigenvalue weighted by Crippen LogP contribution is -2.61. The van der Waals surface area contributed by atoms with Crippen molar-refractivity contribution in [3.05, 3.63) is 59.7 Å². The number of nitrogens with one attached hydrogen (secondary N) is 2. The predicted octanol–water partition coefficient (Wildman–Crippen LogP) is 4.84. The van der Waals surface area contributed by atoms with Crippen LogP contribution >= 0.6 is 0 Å². The van der Waals surface area contributed by atoms with Gasteiger partial charge in [-0.2, -0.15) is 0 Å². The van der Waals surface area contributed by atoms with Crippen LogP contribution in [0.5, 0.6) is 0 Å². The zero-order valence-electron chi connectivity index (χ0n) is 20.4. The highest BCUT2D eigenvalue weighted by Gasteiger charge is 2.41. The molecule has 1 saturated carbocycles. The van der Waals surface area contributed by atoms with E-state index in [1.807, 2.05) is 38.1 Å². The molecule has 35 heavy (non-hydrogen) atoms. The first-order valence-electron chi connectivity index (χ1n) is 12.6. The van der Waals surface area contributed by atoms with Crippen molar-refractivity contribution in [3.8, 4) is 11.1 Å². The van der Waals surface area contributed by atoms with Gasteiger partial charge in [-0.05, 0) is 47.9 Å². The van der Waals surface area contributed by atoms with E-state index in [9.17, 15) is 19.5 Å². The number of hydrogen-bond donors (Lipinski definition) is 3. The first-order valence-corrected chi connectivity index (χ1v) is 12.6. The highest BCUT2D eigenvalue weighted by molar-refractivity contribution is 5.90. The highest BCUT2D eigenvalue weighted by Crippen LogP contribution is 2.44. The van der Waals surface area contributed by atoms with Crippen molar-refractivity contribution in [2.24, 2.45) is 5.92 Å². The number of ether oxygens (including phenoxy) is 1. The number of fused-ring (bicyclic) bond motifs is 3. The Kier molecular flexibility index (Phi) is 7.43. The van der Waals surface area contributed by atoms with Gasteiger partial charge >= 0.3 is 12.1 Å². The van der Waals surface area contributed by atoms with Gasteiger partial charge in [0, 0.05) is 12.0 Å². The van der Waals surface area contributed by atoms with E-state index < -0.39 is 29.6 Å². The molecule has 1 fully saturated rings. The van der Waals surface area contributed by atoms with E-state index in [4.69, 9.17) is 4.74 Å². The fraction of sp³-hybridized carbons (Fsp3) is 0.464. The van der Waals surface area contributed by atoms with Gasteiger partial charge in [-0.15, -0.1) is 0 Å². The molecule has 0 saturated heterocycles. The van der Waals surface area contributed by atoms with E-state index in [-0.39, 0.29) is 18.4 Å². The molecule has 7 nitrogen and oxygen atoms in total. The van der Waals surface area contributed by atoms with Crippen LogP contribution in [0.2, 0.25) is 0 Å². The minimum Gasteiger partial charge on any atom is -0.481 e. The number of carbonyl (C=O) groups excluding carboxylic acids is 2. The van der Waals surface area contributed by atoms with Gasteiger partial charge in [-0.3, -0.25) is 9.59 Å². The van der Waals surface area contributed by atoms with Gasteiger partial charge in [-0.1, -0.05) is 75.2 Å². The molecule has 4 rings (SSSR count). The molecule has 0 spiro atoms. The van der Waals surface area contributed by atoms with Gasteiger partial charge in [-0.25, -0.2) is 4.79 Å². The van der Waals surface area contributed by atoms with E-state index >= 15 is 0 Å². The van der Waals surface area contributed by atoms with Crippen LogP contribution in [0, 0.1) is 5.92 Å². The Bertz CT molecular complexity index is 1050. The van der Waals surface area contributed by atoms with Crippen LogP contribution < -0.4 is 10.6 Å². The van der Waals surface area contributed by atoms with Crippen LogP contribution in [0.1, 0.15) is 69.4 Å². The molecular formula is C28H34N2O5. The molecule has 0 aromatic heterocycles. The maximum Gasteiger partial charge on any atom is 0.408 e. The van der Waals surface area contributed by atoms with Crippen molar-refractivity contribution in [2.75, 3.05) is 6.61 Å². The summed E-state index contributed by atoms with van der Waals surface area (Å²) in [4.78, 5) is 37.9. The van der Waals surface area contributed by atoms with Crippen molar-refractivity contribution in [3.63, 3.8) is 0 Å². The minimum absolute atomic E-state index is 0.0711. The normalized spacial score (nSPS) is 19.4. The van der Waals surface area contributed by atoms with Crippen molar-refractivity contribution in [1.82, 2.24) is 10.6 Å². The molecule has 2 aromatic rings. The molecule has 2 aliphatic carbocycles. The zero-order chi connectivity index (χ0) is 25.0. The second-order valence-electron chi connectivity index (χ2n) is 9.55. The van der Waals surface area contributed by atoms with Gasteiger partial charge in [0.05, 0.1) is 5.92 Å². The number of carbonyl (C=O) groups is 3. The number of rotatable bonds is 8. The lowest BCUT2D eigenvalue weighted by atomic mass is 9.83. The van der Waals surface area contributed by atoms with Crippen molar-refractivity contribution >= 4 is 18.0 Å². The quantitative estimate of drug-likeness (QED) is 0.503. The van der Waals surface area contributed by atoms with Gasteiger partial charge < -0.3 is 20.5 Å². The van der Waals surface area contributed by atoms with Crippen LogP contribution in [0.3, 0.4) is 0 Å². The minimum atomic E-state index is -1.16. The Balaban J connectivity index is 1.44. The van der Waals surface area contributed by atoms with Crippen molar-refractivity contribution in [2.45, 2.75) is 69.9 Å². The largest absolute Gasteiger partial charge is 0.481 e. The monoisotopic (exact) mass is 478 g/mol. The maximum atomic E-state index is 13.3. The number of carboxylic acid groups (broad SMARTS) is 1. The molecule has 2 aromatic carbocycles. The Labute approximate surface area is 206 Å².